The van der Waals surface area contributed by atoms with Crippen LogP contribution in [0, 0.1) is 20.8 Å². The Morgan fingerprint density at radius 2 is 1.63 bits per heavy atom. The van der Waals surface area contributed by atoms with Crippen molar-refractivity contribution in [3.05, 3.63) is 71.0 Å². The second kappa shape index (κ2) is 8.51. The number of hydrogen-bond donors (Lipinski definition) is 1. The Balaban J connectivity index is 1.84. The summed E-state index contributed by atoms with van der Waals surface area (Å²) >= 11 is 0. The maximum absolute atomic E-state index is 4.94. The Kier molecular flexibility index (Phi) is 6.09. The predicted molar refractivity (Wildman–Crippen MR) is 113 cm³/mol. The van der Waals surface area contributed by atoms with Gasteiger partial charge in [0.05, 0.1) is 5.69 Å². The Morgan fingerprint density at radius 1 is 0.963 bits per heavy atom. The van der Waals surface area contributed by atoms with Crippen molar-refractivity contribution in [2.24, 2.45) is 0 Å². The lowest BCUT2D eigenvalue weighted by atomic mass is 10.1. The monoisotopic (exact) mass is 362 g/mol. The molecule has 2 aromatic heterocycles. The van der Waals surface area contributed by atoms with E-state index in [9.17, 15) is 0 Å². The fourth-order valence-corrected chi connectivity index (χ4v) is 3.42. The molecule has 4 nitrogen and oxygen atoms in total. The van der Waals surface area contributed by atoms with E-state index in [-0.39, 0.29) is 0 Å². The molecule has 142 valence electrons. The van der Waals surface area contributed by atoms with E-state index in [1.54, 1.807) is 0 Å². The van der Waals surface area contributed by atoms with Gasteiger partial charge in [-0.05, 0) is 70.3 Å². The molecule has 1 aromatic carbocycles. The van der Waals surface area contributed by atoms with E-state index in [4.69, 9.17) is 4.98 Å². The van der Waals surface area contributed by atoms with E-state index < -0.39 is 0 Å². The molecule has 3 aromatic rings. The molecule has 0 bridgehead atoms. The number of pyridine rings is 1. The number of aryl methyl sites for hydroxylation is 3. The van der Waals surface area contributed by atoms with Crippen LogP contribution in [-0.4, -0.2) is 41.6 Å². The van der Waals surface area contributed by atoms with Crippen molar-refractivity contribution in [2.75, 3.05) is 27.2 Å². The topological polar surface area (TPSA) is 33.1 Å². The molecule has 2 heterocycles. The third kappa shape index (κ3) is 4.65. The fourth-order valence-electron chi connectivity index (χ4n) is 3.42. The summed E-state index contributed by atoms with van der Waals surface area (Å²) < 4.78 is 2.21. The molecular weight excluding hydrogens is 332 g/mol. The van der Waals surface area contributed by atoms with Gasteiger partial charge in [0.15, 0.2) is 0 Å². The zero-order chi connectivity index (χ0) is 19.4. The van der Waals surface area contributed by atoms with Crippen LogP contribution in [0.3, 0.4) is 0 Å². The lowest BCUT2D eigenvalue weighted by Gasteiger charge is -2.16. The van der Waals surface area contributed by atoms with Gasteiger partial charge in [-0.15, -0.1) is 0 Å². The van der Waals surface area contributed by atoms with Gasteiger partial charge in [0.1, 0.15) is 5.82 Å². The van der Waals surface area contributed by atoms with Crippen LogP contribution in [0.1, 0.15) is 22.5 Å². The molecule has 0 spiro atoms. The van der Waals surface area contributed by atoms with Gasteiger partial charge in [0.25, 0.3) is 0 Å². The predicted octanol–water partition coefficient (Wildman–Crippen LogP) is 4.12. The summed E-state index contributed by atoms with van der Waals surface area (Å²) in [5, 5.41) is 3.19. The van der Waals surface area contributed by atoms with E-state index in [2.05, 4.69) is 91.1 Å². The number of nitrogens with zero attached hydrogens (tertiary/aromatic N) is 3. The van der Waals surface area contributed by atoms with Gasteiger partial charge in [-0.25, -0.2) is 4.98 Å². The summed E-state index contributed by atoms with van der Waals surface area (Å²) in [6.45, 7) is 9.37. The minimum atomic E-state index is 0.955. The highest BCUT2D eigenvalue weighted by atomic mass is 15.1. The van der Waals surface area contributed by atoms with Crippen molar-refractivity contribution in [3.63, 3.8) is 0 Å². The largest absolute Gasteiger partial charge is 0.318 e. The number of benzene rings is 1. The first kappa shape index (κ1) is 19.3. The van der Waals surface area contributed by atoms with Crippen molar-refractivity contribution >= 4 is 0 Å². The highest BCUT2D eigenvalue weighted by molar-refractivity contribution is 5.61. The van der Waals surface area contributed by atoms with Gasteiger partial charge in [0, 0.05) is 36.6 Å². The average Bonchev–Trinajstić information content (AvgIpc) is 2.98. The van der Waals surface area contributed by atoms with Gasteiger partial charge < -0.3 is 14.8 Å². The molecule has 0 aliphatic heterocycles. The molecule has 0 unspecified atom stereocenters. The Labute approximate surface area is 162 Å². The molecule has 0 saturated carbocycles. The van der Waals surface area contributed by atoms with Gasteiger partial charge in [-0.2, -0.15) is 0 Å². The van der Waals surface area contributed by atoms with Gasteiger partial charge in [-0.1, -0.05) is 24.3 Å². The van der Waals surface area contributed by atoms with E-state index in [1.165, 1.54) is 22.5 Å². The summed E-state index contributed by atoms with van der Waals surface area (Å²) in [6.07, 6.45) is 0. The third-order valence-corrected chi connectivity index (χ3v) is 4.90. The molecule has 0 aliphatic rings. The molecule has 1 N–H and O–H groups in total. The van der Waals surface area contributed by atoms with E-state index in [0.29, 0.717) is 0 Å². The lowest BCUT2D eigenvalue weighted by molar-refractivity contribution is 0.328. The highest BCUT2D eigenvalue weighted by Gasteiger charge is 2.09. The van der Waals surface area contributed by atoms with Crippen LogP contribution in [-0.2, 0) is 6.54 Å². The number of hydrogen-bond acceptors (Lipinski definition) is 3. The SMILES string of the molecule is CNCCN(C)Cc1ccc(-c2cc(C)cc(-n3c(C)ccc3C)n2)cc1. The van der Waals surface area contributed by atoms with Crippen molar-refractivity contribution in [3.8, 4) is 17.1 Å². The molecule has 0 radical (unpaired) electrons. The van der Waals surface area contributed by atoms with E-state index in [1.807, 2.05) is 7.05 Å². The second-order valence-corrected chi connectivity index (χ2v) is 7.38. The molecule has 0 fully saturated rings. The smallest absolute Gasteiger partial charge is 0.137 e. The molecular formula is C23H30N4. The van der Waals surface area contributed by atoms with Crippen LogP contribution in [0.25, 0.3) is 17.1 Å². The number of nitrogens with one attached hydrogen (secondary N) is 1. The Morgan fingerprint density at radius 3 is 2.26 bits per heavy atom. The maximum atomic E-state index is 4.94. The first-order valence-corrected chi connectivity index (χ1v) is 9.54. The van der Waals surface area contributed by atoms with Gasteiger partial charge in [-0.3, -0.25) is 0 Å². The summed E-state index contributed by atoms with van der Waals surface area (Å²) in [5.74, 6) is 0.987. The van der Waals surface area contributed by atoms with Gasteiger partial charge >= 0.3 is 0 Å². The zero-order valence-corrected chi connectivity index (χ0v) is 17.1. The number of rotatable bonds is 7. The standard InChI is InChI=1S/C23H30N4/c1-17-14-22(25-23(15-17)27-18(2)6-7-19(27)3)21-10-8-20(9-11-21)16-26(5)13-12-24-4/h6-11,14-15,24H,12-13,16H2,1-5H3. The van der Waals surface area contributed by atoms with Gasteiger partial charge in [0.2, 0.25) is 0 Å². The summed E-state index contributed by atoms with van der Waals surface area (Å²) in [5.41, 5.74) is 7.13. The van der Waals surface area contributed by atoms with Crippen LogP contribution < -0.4 is 5.32 Å². The normalized spacial score (nSPS) is 11.3. The Bertz CT molecular complexity index is 874. The van der Waals surface area contributed by atoms with Crippen LogP contribution in [0.5, 0.6) is 0 Å². The summed E-state index contributed by atoms with van der Waals surface area (Å²) in [4.78, 5) is 7.27. The third-order valence-electron chi connectivity index (χ3n) is 4.90. The van der Waals surface area contributed by atoms with Crippen molar-refractivity contribution < 1.29 is 0 Å². The molecule has 27 heavy (non-hydrogen) atoms. The van der Waals surface area contributed by atoms with Crippen molar-refractivity contribution in [2.45, 2.75) is 27.3 Å². The lowest BCUT2D eigenvalue weighted by Crippen LogP contribution is -2.26. The fraction of sp³-hybridized carbons (Fsp3) is 0.348. The molecule has 0 aliphatic carbocycles. The molecule has 4 heteroatoms. The van der Waals surface area contributed by atoms with Crippen LogP contribution in [0.2, 0.25) is 0 Å². The molecule has 0 atom stereocenters. The molecule has 0 saturated heterocycles. The van der Waals surface area contributed by atoms with Crippen LogP contribution >= 0.6 is 0 Å². The van der Waals surface area contributed by atoms with Crippen LogP contribution in [0.4, 0.5) is 0 Å². The first-order chi connectivity index (χ1) is 13.0. The quantitative estimate of drug-likeness (QED) is 0.686. The first-order valence-electron chi connectivity index (χ1n) is 9.54. The van der Waals surface area contributed by atoms with Crippen molar-refractivity contribution in [1.82, 2.24) is 19.8 Å². The number of aromatic nitrogens is 2. The maximum Gasteiger partial charge on any atom is 0.137 e. The van der Waals surface area contributed by atoms with E-state index >= 15 is 0 Å². The second-order valence-electron chi connectivity index (χ2n) is 7.38. The minimum Gasteiger partial charge on any atom is -0.318 e. The highest BCUT2D eigenvalue weighted by Crippen LogP contribution is 2.23. The summed E-state index contributed by atoms with van der Waals surface area (Å²) in [7, 11) is 4.14. The molecule has 3 rings (SSSR count). The van der Waals surface area contributed by atoms with Crippen LogP contribution in [0.15, 0.2) is 48.5 Å². The van der Waals surface area contributed by atoms with Crippen molar-refractivity contribution in [1.29, 1.82) is 0 Å². The van der Waals surface area contributed by atoms with E-state index in [0.717, 1.165) is 36.7 Å². The average molecular weight is 363 g/mol. The zero-order valence-electron chi connectivity index (χ0n) is 17.1. The minimum absolute atomic E-state index is 0.955. The summed E-state index contributed by atoms with van der Waals surface area (Å²) in [6, 6.07) is 17.4. The number of likely N-dealkylation sites (N-methyl/N-ethyl adjacent to an activating group) is 2. The Hall–Kier alpha value is -2.43. The molecule has 0 amide bonds.